The Kier molecular flexibility index (Phi) is 6.68. The molecule has 0 amide bonds. The highest BCUT2D eigenvalue weighted by atomic mass is 16.5. The largest absolute Gasteiger partial charge is 0.478 e. The van der Waals surface area contributed by atoms with Crippen LogP contribution in [0.1, 0.15) is 49.0 Å². The van der Waals surface area contributed by atoms with Crippen molar-refractivity contribution in [3.8, 4) is 0 Å². The minimum atomic E-state index is -0.860. The Morgan fingerprint density at radius 1 is 1.08 bits per heavy atom. The Labute approximate surface area is 156 Å². The second kappa shape index (κ2) is 8.98. The number of carboxylic acids is 1. The molecule has 2 atom stereocenters. The van der Waals surface area contributed by atoms with Gasteiger partial charge in [0.05, 0.1) is 17.8 Å². The number of morpholine rings is 1. The fraction of sp³-hybridized carbons (Fsp3) is 0.667. The molecule has 0 saturated carbocycles. The first kappa shape index (κ1) is 19.3. The monoisotopic (exact) mass is 360 g/mol. The lowest BCUT2D eigenvalue weighted by Gasteiger charge is -2.37. The number of carboxylic acid groups (broad SMARTS) is 1. The van der Waals surface area contributed by atoms with E-state index in [9.17, 15) is 4.79 Å². The Balaban J connectivity index is 1.38. The second-order valence-corrected chi connectivity index (χ2v) is 8.03. The molecule has 5 nitrogen and oxygen atoms in total. The molecule has 26 heavy (non-hydrogen) atoms. The lowest BCUT2D eigenvalue weighted by Crippen LogP contribution is -2.46. The number of ether oxygens (including phenoxy) is 1. The SMILES string of the molecule is CC1CN(CCC2CCN(Cc3ccc(C(=O)O)cc3)CC2)CC(C)O1. The highest BCUT2D eigenvalue weighted by molar-refractivity contribution is 5.87. The summed E-state index contributed by atoms with van der Waals surface area (Å²) in [5, 5.41) is 8.98. The van der Waals surface area contributed by atoms with Gasteiger partial charge in [-0.1, -0.05) is 12.1 Å². The molecule has 5 heteroatoms. The molecule has 2 fully saturated rings. The number of rotatable bonds is 6. The predicted molar refractivity (Wildman–Crippen MR) is 102 cm³/mol. The summed E-state index contributed by atoms with van der Waals surface area (Å²) < 4.78 is 5.82. The van der Waals surface area contributed by atoms with Crippen molar-refractivity contribution in [1.29, 1.82) is 0 Å². The van der Waals surface area contributed by atoms with E-state index in [4.69, 9.17) is 9.84 Å². The smallest absolute Gasteiger partial charge is 0.335 e. The van der Waals surface area contributed by atoms with Gasteiger partial charge in [0.2, 0.25) is 0 Å². The molecule has 2 aliphatic heterocycles. The number of aromatic carboxylic acids is 1. The van der Waals surface area contributed by atoms with Gasteiger partial charge in [0.1, 0.15) is 0 Å². The van der Waals surface area contributed by atoms with Crippen LogP contribution in [0.2, 0.25) is 0 Å². The van der Waals surface area contributed by atoms with Crippen molar-refractivity contribution in [2.24, 2.45) is 5.92 Å². The maximum absolute atomic E-state index is 10.9. The summed E-state index contributed by atoms with van der Waals surface area (Å²) >= 11 is 0. The van der Waals surface area contributed by atoms with Crippen LogP contribution in [0.3, 0.4) is 0 Å². The lowest BCUT2D eigenvalue weighted by molar-refractivity contribution is -0.0693. The van der Waals surface area contributed by atoms with Gasteiger partial charge >= 0.3 is 5.97 Å². The minimum absolute atomic E-state index is 0.355. The molecule has 0 bridgehead atoms. The lowest BCUT2D eigenvalue weighted by atomic mass is 9.93. The van der Waals surface area contributed by atoms with E-state index in [-0.39, 0.29) is 0 Å². The van der Waals surface area contributed by atoms with E-state index in [2.05, 4.69) is 23.6 Å². The fourth-order valence-corrected chi connectivity index (χ4v) is 4.28. The summed E-state index contributed by atoms with van der Waals surface area (Å²) in [7, 11) is 0. The van der Waals surface area contributed by atoms with Crippen LogP contribution in [0.5, 0.6) is 0 Å². The van der Waals surface area contributed by atoms with Gasteiger partial charge in [-0.2, -0.15) is 0 Å². The van der Waals surface area contributed by atoms with E-state index < -0.39 is 5.97 Å². The molecule has 2 unspecified atom stereocenters. The average Bonchev–Trinajstić information content (AvgIpc) is 2.61. The minimum Gasteiger partial charge on any atom is -0.478 e. The Morgan fingerprint density at radius 3 is 2.27 bits per heavy atom. The zero-order valence-electron chi connectivity index (χ0n) is 16.1. The molecule has 2 heterocycles. The van der Waals surface area contributed by atoms with E-state index >= 15 is 0 Å². The Morgan fingerprint density at radius 2 is 1.69 bits per heavy atom. The highest BCUT2D eigenvalue weighted by Gasteiger charge is 2.24. The number of hydrogen-bond acceptors (Lipinski definition) is 4. The third kappa shape index (κ3) is 5.53. The van der Waals surface area contributed by atoms with Gasteiger partial charge in [-0.05, 0) is 76.4 Å². The van der Waals surface area contributed by atoms with E-state index in [1.807, 2.05) is 12.1 Å². The summed E-state index contributed by atoms with van der Waals surface area (Å²) in [5.74, 6) is -0.0319. The number of carbonyl (C=O) groups is 1. The van der Waals surface area contributed by atoms with Crippen molar-refractivity contribution in [2.75, 3.05) is 32.7 Å². The van der Waals surface area contributed by atoms with E-state index in [0.717, 1.165) is 38.6 Å². The fourth-order valence-electron chi connectivity index (χ4n) is 4.28. The van der Waals surface area contributed by atoms with Gasteiger partial charge < -0.3 is 9.84 Å². The van der Waals surface area contributed by atoms with Gasteiger partial charge in [-0.15, -0.1) is 0 Å². The van der Waals surface area contributed by atoms with Gasteiger partial charge in [0.25, 0.3) is 0 Å². The standard InChI is InChI=1S/C21H32N2O3/c1-16-13-23(14-17(2)26-16)12-9-18-7-10-22(11-8-18)15-19-3-5-20(6-4-19)21(24)25/h3-6,16-18H,7-15H2,1-2H3,(H,24,25). The average molecular weight is 360 g/mol. The molecule has 0 aromatic heterocycles. The van der Waals surface area contributed by atoms with Gasteiger partial charge in [-0.25, -0.2) is 4.79 Å². The van der Waals surface area contributed by atoms with Crippen LogP contribution in [0.4, 0.5) is 0 Å². The summed E-state index contributed by atoms with van der Waals surface area (Å²) in [6, 6.07) is 7.29. The molecule has 1 aromatic carbocycles. The molecule has 144 valence electrons. The van der Waals surface area contributed by atoms with E-state index in [1.54, 1.807) is 12.1 Å². The normalized spacial score (nSPS) is 26.1. The van der Waals surface area contributed by atoms with Gasteiger partial charge in [0.15, 0.2) is 0 Å². The molecular formula is C21H32N2O3. The van der Waals surface area contributed by atoms with Crippen molar-refractivity contribution in [3.05, 3.63) is 35.4 Å². The molecule has 3 rings (SSSR count). The van der Waals surface area contributed by atoms with Crippen LogP contribution < -0.4 is 0 Å². The summed E-state index contributed by atoms with van der Waals surface area (Å²) in [6.07, 6.45) is 4.53. The third-order valence-corrected chi connectivity index (χ3v) is 5.66. The number of nitrogens with zero attached hydrogens (tertiary/aromatic N) is 2. The van der Waals surface area contributed by atoms with Crippen LogP contribution in [0.25, 0.3) is 0 Å². The number of benzene rings is 1. The molecule has 1 N–H and O–H groups in total. The molecule has 2 aliphatic rings. The second-order valence-electron chi connectivity index (χ2n) is 8.03. The Hall–Kier alpha value is -1.43. The van der Waals surface area contributed by atoms with Gasteiger partial charge in [0, 0.05) is 19.6 Å². The zero-order chi connectivity index (χ0) is 18.5. The number of hydrogen-bond donors (Lipinski definition) is 1. The first-order valence-electron chi connectivity index (χ1n) is 9.92. The maximum Gasteiger partial charge on any atom is 0.335 e. The van der Waals surface area contributed by atoms with Crippen LogP contribution in [-0.4, -0.2) is 65.8 Å². The first-order valence-corrected chi connectivity index (χ1v) is 9.92. The third-order valence-electron chi connectivity index (χ3n) is 5.66. The highest BCUT2D eigenvalue weighted by Crippen LogP contribution is 2.23. The predicted octanol–water partition coefficient (Wildman–Crippen LogP) is 3.10. The quantitative estimate of drug-likeness (QED) is 0.845. The topological polar surface area (TPSA) is 53.0 Å². The van der Waals surface area contributed by atoms with E-state index in [1.165, 1.54) is 31.4 Å². The van der Waals surface area contributed by atoms with Crippen LogP contribution in [0.15, 0.2) is 24.3 Å². The van der Waals surface area contributed by atoms with Crippen molar-refractivity contribution in [1.82, 2.24) is 9.80 Å². The van der Waals surface area contributed by atoms with Crippen LogP contribution in [0, 0.1) is 5.92 Å². The maximum atomic E-state index is 10.9. The van der Waals surface area contributed by atoms with Gasteiger partial charge in [-0.3, -0.25) is 9.80 Å². The van der Waals surface area contributed by atoms with Crippen molar-refractivity contribution >= 4 is 5.97 Å². The summed E-state index contributed by atoms with van der Waals surface area (Å²) in [4.78, 5) is 16.0. The van der Waals surface area contributed by atoms with E-state index in [0.29, 0.717) is 17.8 Å². The molecule has 0 radical (unpaired) electrons. The number of likely N-dealkylation sites (tertiary alicyclic amines) is 1. The summed E-state index contributed by atoms with van der Waals surface area (Å²) in [5.41, 5.74) is 1.56. The molecule has 2 saturated heterocycles. The number of piperidine rings is 1. The molecule has 0 spiro atoms. The first-order chi connectivity index (χ1) is 12.5. The van der Waals surface area contributed by atoms with Crippen LogP contribution >= 0.6 is 0 Å². The molecular weight excluding hydrogens is 328 g/mol. The van der Waals surface area contributed by atoms with Crippen molar-refractivity contribution < 1.29 is 14.6 Å². The molecule has 0 aliphatic carbocycles. The van der Waals surface area contributed by atoms with Crippen molar-refractivity contribution in [3.63, 3.8) is 0 Å². The Bertz CT molecular complexity index is 571. The zero-order valence-corrected chi connectivity index (χ0v) is 16.1. The van der Waals surface area contributed by atoms with Crippen LogP contribution in [-0.2, 0) is 11.3 Å². The van der Waals surface area contributed by atoms with Crippen molar-refractivity contribution in [2.45, 2.75) is 51.9 Å². The molecule has 1 aromatic rings. The summed E-state index contributed by atoms with van der Waals surface area (Å²) in [6.45, 7) is 10.9.